The van der Waals surface area contributed by atoms with E-state index >= 15 is 0 Å². The number of allylic oxidation sites excluding steroid dienone is 1. The van der Waals surface area contributed by atoms with Crippen LogP contribution in [0.3, 0.4) is 0 Å². The summed E-state index contributed by atoms with van der Waals surface area (Å²) in [5.41, 5.74) is 0. The van der Waals surface area contributed by atoms with E-state index in [0.717, 1.165) is 12.8 Å². The van der Waals surface area contributed by atoms with Crippen LogP contribution >= 0.6 is 0 Å². The number of rotatable bonds is 7. The van der Waals surface area contributed by atoms with Crippen molar-refractivity contribution in [3.05, 3.63) is 43.0 Å². The van der Waals surface area contributed by atoms with Crippen LogP contribution in [0.25, 0.3) is 0 Å². The van der Waals surface area contributed by atoms with E-state index < -0.39 is 9.84 Å². The van der Waals surface area contributed by atoms with Crippen LogP contribution in [0.15, 0.2) is 47.9 Å². The highest BCUT2D eigenvalue weighted by Crippen LogP contribution is 2.16. The number of sulfone groups is 1. The Balaban J connectivity index is 2.54. The van der Waals surface area contributed by atoms with Crippen LogP contribution in [-0.4, -0.2) is 14.2 Å². The average molecular weight is 252 g/mol. The SMILES string of the molecule is C=CCCC(C)CCS(=O)(=O)c1ccccc1. The van der Waals surface area contributed by atoms with E-state index in [1.54, 1.807) is 24.3 Å². The maximum atomic E-state index is 12.0. The first-order valence-corrected chi connectivity index (χ1v) is 7.60. The third kappa shape index (κ3) is 4.73. The zero-order chi connectivity index (χ0) is 12.7. The van der Waals surface area contributed by atoms with Crippen molar-refractivity contribution in [2.75, 3.05) is 5.75 Å². The summed E-state index contributed by atoms with van der Waals surface area (Å²) < 4.78 is 24.0. The van der Waals surface area contributed by atoms with Crippen molar-refractivity contribution in [2.24, 2.45) is 5.92 Å². The summed E-state index contributed by atoms with van der Waals surface area (Å²) in [5.74, 6) is 0.654. The van der Waals surface area contributed by atoms with Crippen molar-refractivity contribution in [2.45, 2.75) is 31.1 Å². The Kier molecular flexibility index (Phi) is 5.42. The second-order valence-corrected chi connectivity index (χ2v) is 6.50. The van der Waals surface area contributed by atoms with E-state index in [9.17, 15) is 8.42 Å². The Morgan fingerprint density at radius 1 is 1.24 bits per heavy atom. The Morgan fingerprint density at radius 2 is 1.88 bits per heavy atom. The van der Waals surface area contributed by atoms with Gasteiger partial charge >= 0.3 is 0 Å². The van der Waals surface area contributed by atoms with Crippen LogP contribution in [0.5, 0.6) is 0 Å². The molecule has 1 rings (SSSR count). The zero-order valence-electron chi connectivity index (χ0n) is 10.3. The van der Waals surface area contributed by atoms with E-state index in [0.29, 0.717) is 17.2 Å². The summed E-state index contributed by atoms with van der Waals surface area (Å²) in [4.78, 5) is 0.427. The highest BCUT2D eigenvalue weighted by atomic mass is 32.2. The Morgan fingerprint density at radius 3 is 2.47 bits per heavy atom. The maximum Gasteiger partial charge on any atom is 0.178 e. The fourth-order valence-electron chi connectivity index (χ4n) is 1.65. The molecule has 1 unspecified atom stereocenters. The average Bonchev–Trinajstić information content (AvgIpc) is 2.35. The molecule has 0 aromatic heterocycles. The van der Waals surface area contributed by atoms with Gasteiger partial charge in [-0.15, -0.1) is 6.58 Å². The Hall–Kier alpha value is -1.09. The molecule has 1 aromatic rings. The van der Waals surface area contributed by atoms with Crippen molar-refractivity contribution in [1.82, 2.24) is 0 Å². The van der Waals surface area contributed by atoms with Gasteiger partial charge in [-0.2, -0.15) is 0 Å². The summed E-state index contributed by atoms with van der Waals surface area (Å²) in [7, 11) is -3.11. The molecule has 0 aliphatic heterocycles. The van der Waals surface area contributed by atoms with Crippen molar-refractivity contribution < 1.29 is 8.42 Å². The van der Waals surface area contributed by atoms with Crippen molar-refractivity contribution in [3.8, 4) is 0 Å². The quantitative estimate of drug-likeness (QED) is 0.696. The van der Waals surface area contributed by atoms with Gasteiger partial charge in [0, 0.05) is 0 Å². The predicted octanol–water partition coefficient (Wildman–Crippen LogP) is 3.45. The molecule has 0 bridgehead atoms. The van der Waals surface area contributed by atoms with Gasteiger partial charge < -0.3 is 0 Å². The molecular weight excluding hydrogens is 232 g/mol. The van der Waals surface area contributed by atoms with Crippen LogP contribution in [0, 0.1) is 5.92 Å². The summed E-state index contributed by atoms with van der Waals surface area (Å²) in [5, 5.41) is 0. The fourth-order valence-corrected chi connectivity index (χ4v) is 3.17. The predicted molar refractivity (Wildman–Crippen MR) is 71.7 cm³/mol. The van der Waals surface area contributed by atoms with Gasteiger partial charge in [-0.1, -0.05) is 31.2 Å². The minimum atomic E-state index is -3.11. The minimum Gasteiger partial charge on any atom is -0.224 e. The first kappa shape index (κ1) is 14.0. The molecule has 0 saturated heterocycles. The summed E-state index contributed by atoms with van der Waals surface area (Å²) >= 11 is 0. The smallest absolute Gasteiger partial charge is 0.178 e. The lowest BCUT2D eigenvalue weighted by molar-refractivity contribution is 0.514. The maximum absolute atomic E-state index is 12.0. The molecular formula is C14H20O2S. The summed E-state index contributed by atoms with van der Waals surface area (Å²) in [6.45, 7) is 5.76. The highest BCUT2D eigenvalue weighted by Gasteiger charge is 2.15. The monoisotopic (exact) mass is 252 g/mol. The molecule has 0 saturated carbocycles. The molecule has 0 spiro atoms. The lowest BCUT2D eigenvalue weighted by atomic mass is 10.0. The van der Waals surface area contributed by atoms with E-state index in [1.807, 2.05) is 12.1 Å². The molecule has 1 atom stereocenters. The van der Waals surface area contributed by atoms with Crippen LogP contribution in [0.1, 0.15) is 26.2 Å². The minimum absolute atomic E-state index is 0.231. The lowest BCUT2D eigenvalue weighted by Crippen LogP contribution is -2.10. The molecule has 2 nitrogen and oxygen atoms in total. The molecule has 0 heterocycles. The van der Waals surface area contributed by atoms with Gasteiger partial charge in [0.15, 0.2) is 9.84 Å². The number of hydrogen-bond donors (Lipinski definition) is 0. The van der Waals surface area contributed by atoms with Gasteiger partial charge in [-0.3, -0.25) is 0 Å². The first-order chi connectivity index (χ1) is 8.06. The third-order valence-corrected chi connectivity index (χ3v) is 4.61. The molecule has 0 amide bonds. The Labute approximate surface area is 104 Å². The van der Waals surface area contributed by atoms with Crippen molar-refractivity contribution in [3.63, 3.8) is 0 Å². The van der Waals surface area contributed by atoms with E-state index in [-0.39, 0.29) is 5.75 Å². The van der Waals surface area contributed by atoms with Gasteiger partial charge in [-0.25, -0.2) is 8.42 Å². The van der Waals surface area contributed by atoms with Crippen molar-refractivity contribution in [1.29, 1.82) is 0 Å². The van der Waals surface area contributed by atoms with E-state index in [1.165, 1.54) is 0 Å². The summed E-state index contributed by atoms with van der Waals surface area (Å²) in [6, 6.07) is 8.65. The lowest BCUT2D eigenvalue weighted by Gasteiger charge is -2.10. The molecule has 0 aliphatic carbocycles. The van der Waals surface area contributed by atoms with Crippen LogP contribution in [-0.2, 0) is 9.84 Å². The van der Waals surface area contributed by atoms with Crippen LogP contribution < -0.4 is 0 Å². The van der Waals surface area contributed by atoms with Crippen molar-refractivity contribution >= 4 is 9.84 Å². The molecule has 0 aliphatic rings. The molecule has 3 heteroatoms. The number of benzene rings is 1. The number of hydrogen-bond acceptors (Lipinski definition) is 2. The fraction of sp³-hybridized carbons (Fsp3) is 0.429. The largest absolute Gasteiger partial charge is 0.224 e. The Bertz CT molecular complexity index is 435. The van der Waals surface area contributed by atoms with Gasteiger partial charge in [0.05, 0.1) is 10.6 Å². The highest BCUT2D eigenvalue weighted by molar-refractivity contribution is 7.91. The van der Waals surface area contributed by atoms with Crippen LogP contribution in [0.4, 0.5) is 0 Å². The zero-order valence-corrected chi connectivity index (χ0v) is 11.1. The molecule has 1 aromatic carbocycles. The molecule has 94 valence electrons. The standard InChI is InChI=1S/C14H20O2S/c1-3-4-8-13(2)11-12-17(15,16)14-9-6-5-7-10-14/h3,5-7,9-10,13H,1,4,8,11-12H2,2H3. The van der Waals surface area contributed by atoms with Gasteiger partial charge in [0.2, 0.25) is 0 Å². The molecule has 17 heavy (non-hydrogen) atoms. The van der Waals surface area contributed by atoms with Crippen LogP contribution in [0.2, 0.25) is 0 Å². The van der Waals surface area contributed by atoms with Gasteiger partial charge in [0.25, 0.3) is 0 Å². The topological polar surface area (TPSA) is 34.1 Å². The first-order valence-electron chi connectivity index (χ1n) is 5.95. The molecule has 0 N–H and O–H groups in total. The van der Waals surface area contributed by atoms with Gasteiger partial charge in [0.1, 0.15) is 0 Å². The normalized spacial score (nSPS) is 13.2. The second kappa shape index (κ2) is 6.60. The molecule has 0 fully saturated rings. The van der Waals surface area contributed by atoms with Gasteiger partial charge in [-0.05, 0) is 37.3 Å². The van der Waals surface area contributed by atoms with E-state index in [4.69, 9.17) is 0 Å². The van der Waals surface area contributed by atoms with E-state index in [2.05, 4.69) is 13.5 Å². The summed E-state index contributed by atoms with van der Waals surface area (Å²) in [6.07, 6.45) is 4.55. The third-order valence-electron chi connectivity index (χ3n) is 2.85. The second-order valence-electron chi connectivity index (χ2n) is 4.39. The molecule has 0 radical (unpaired) electrons.